The molecule has 2 bridgehead atoms. The van der Waals surface area contributed by atoms with Crippen LogP contribution in [-0.2, 0) is 20.8 Å². The Balaban J connectivity index is 1.39. The van der Waals surface area contributed by atoms with Crippen LogP contribution in [-0.4, -0.2) is 60.8 Å². The summed E-state index contributed by atoms with van der Waals surface area (Å²) in [4.78, 5) is 19.1. The van der Waals surface area contributed by atoms with Gasteiger partial charge in [0, 0.05) is 44.0 Å². The van der Waals surface area contributed by atoms with Crippen LogP contribution in [0.1, 0.15) is 43.3 Å². The fraction of sp³-hybridized carbons (Fsp3) is 0.789. The standard InChI is InChI=1S/C19H29N3O3S/c1-12(2)15-10-26-18(21-15)8-22-7-14-13(6-20-17(23)9-24-3)16-4-5-19(14,11-22)25-16/h10,12-14,16H,4-9,11H2,1-3H3,(H,20,23)/t13-,14+,16+,19+/m0/s1. The second-order valence-corrected chi connectivity index (χ2v) is 9.20. The van der Waals surface area contributed by atoms with Crippen molar-refractivity contribution >= 4 is 17.2 Å². The van der Waals surface area contributed by atoms with Gasteiger partial charge in [-0.3, -0.25) is 9.69 Å². The third-order valence-corrected chi connectivity index (χ3v) is 7.04. The van der Waals surface area contributed by atoms with Gasteiger partial charge in [-0.2, -0.15) is 0 Å². The summed E-state index contributed by atoms with van der Waals surface area (Å²) >= 11 is 1.77. The number of fused-ring (bicyclic) bond motifs is 1. The molecule has 0 radical (unpaired) electrons. The molecule has 26 heavy (non-hydrogen) atoms. The quantitative estimate of drug-likeness (QED) is 0.785. The molecule has 1 aromatic heterocycles. The van der Waals surface area contributed by atoms with E-state index in [9.17, 15) is 4.79 Å². The highest BCUT2D eigenvalue weighted by molar-refractivity contribution is 7.09. The molecule has 4 heterocycles. The SMILES string of the molecule is COCC(=O)NC[C@H]1[C@H]2CN(Cc3nc(C(C)C)cs3)C[C@]23CC[C@H]1O3. The smallest absolute Gasteiger partial charge is 0.245 e. The minimum absolute atomic E-state index is 0.000541. The van der Waals surface area contributed by atoms with E-state index in [4.69, 9.17) is 14.5 Å². The summed E-state index contributed by atoms with van der Waals surface area (Å²) in [5.41, 5.74) is 1.19. The normalized spacial score (nSPS) is 33.2. The first kappa shape index (κ1) is 18.3. The molecule has 4 rings (SSSR count). The number of rotatable bonds is 7. The maximum Gasteiger partial charge on any atom is 0.245 e. The molecule has 0 aliphatic carbocycles. The Labute approximate surface area is 159 Å². The van der Waals surface area contributed by atoms with Crippen LogP contribution in [0.2, 0.25) is 0 Å². The number of nitrogens with one attached hydrogen (secondary N) is 1. The number of aromatic nitrogens is 1. The van der Waals surface area contributed by atoms with Gasteiger partial charge in [0.05, 0.1) is 23.9 Å². The second kappa shape index (κ2) is 7.19. The number of methoxy groups -OCH3 is 1. The van der Waals surface area contributed by atoms with Crippen LogP contribution >= 0.6 is 11.3 Å². The lowest BCUT2D eigenvalue weighted by atomic mass is 9.73. The Bertz CT molecular complexity index is 664. The van der Waals surface area contributed by atoms with Crippen molar-refractivity contribution < 1.29 is 14.3 Å². The zero-order chi connectivity index (χ0) is 18.3. The molecule has 3 saturated heterocycles. The summed E-state index contributed by atoms with van der Waals surface area (Å²) in [6.45, 7) is 8.14. The highest BCUT2D eigenvalue weighted by Gasteiger charge is 2.62. The average Bonchev–Trinajstić information content (AvgIpc) is 3.33. The van der Waals surface area contributed by atoms with Crippen LogP contribution in [0.5, 0.6) is 0 Å². The van der Waals surface area contributed by atoms with E-state index in [0.717, 1.165) is 32.5 Å². The van der Waals surface area contributed by atoms with Crippen molar-refractivity contribution in [2.75, 3.05) is 33.4 Å². The highest BCUT2D eigenvalue weighted by atomic mass is 32.1. The molecule has 1 aromatic rings. The van der Waals surface area contributed by atoms with Gasteiger partial charge in [0.2, 0.25) is 5.91 Å². The van der Waals surface area contributed by atoms with Gasteiger partial charge in [0.15, 0.2) is 0 Å². The molecule has 0 unspecified atom stereocenters. The number of hydrogen-bond donors (Lipinski definition) is 1. The molecule has 0 aromatic carbocycles. The lowest BCUT2D eigenvalue weighted by molar-refractivity contribution is -0.125. The first-order valence-electron chi connectivity index (χ1n) is 9.61. The largest absolute Gasteiger partial charge is 0.375 e. The number of thiazole rings is 1. The molecular formula is C19H29N3O3S. The van der Waals surface area contributed by atoms with Crippen LogP contribution in [0.25, 0.3) is 0 Å². The molecule has 1 spiro atoms. The first-order chi connectivity index (χ1) is 12.5. The summed E-state index contributed by atoms with van der Waals surface area (Å²) in [7, 11) is 1.55. The molecule has 144 valence electrons. The molecule has 3 aliphatic heterocycles. The molecule has 1 amide bonds. The van der Waals surface area contributed by atoms with Crippen molar-refractivity contribution in [3.8, 4) is 0 Å². The zero-order valence-electron chi connectivity index (χ0n) is 15.9. The van der Waals surface area contributed by atoms with Gasteiger partial charge in [-0.25, -0.2) is 4.98 Å². The van der Waals surface area contributed by atoms with Crippen molar-refractivity contribution in [1.29, 1.82) is 0 Å². The van der Waals surface area contributed by atoms with Crippen molar-refractivity contribution in [1.82, 2.24) is 15.2 Å². The summed E-state index contributed by atoms with van der Waals surface area (Å²) in [5.74, 6) is 1.37. The number of likely N-dealkylation sites (tertiary alicyclic amines) is 1. The molecule has 7 heteroatoms. The first-order valence-corrected chi connectivity index (χ1v) is 10.5. The van der Waals surface area contributed by atoms with E-state index in [0.29, 0.717) is 30.4 Å². The van der Waals surface area contributed by atoms with Crippen LogP contribution in [0.15, 0.2) is 5.38 Å². The maximum absolute atomic E-state index is 11.8. The van der Waals surface area contributed by atoms with Crippen LogP contribution in [0.3, 0.4) is 0 Å². The van der Waals surface area contributed by atoms with Crippen molar-refractivity contribution in [2.24, 2.45) is 11.8 Å². The Morgan fingerprint density at radius 1 is 1.58 bits per heavy atom. The van der Waals surface area contributed by atoms with Crippen molar-refractivity contribution in [2.45, 2.75) is 50.9 Å². The predicted molar refractivity (Wildman–Crippen MR) is 100 cm³/mol. The highest BCUT2D eigenvalue weighted by Crippen LogP contribution is 2.54. The number of nitrogens with zero attached hydrogens (tertiary/aromatic N) is 2. The minimum atomic E-state index is -0.0387. The van der Waals surface area contributed by atoms with Crippen LogP contribution < -0.4 is 5.32 Å². The third-order valence-electron chi connectivity index (χ3n) is 6.18. The maximum atomic E-state index is 11.8. The monoisotopic (exact) mass is 379 g/mol. The number of carbonyl (C=O) groups is 1. The fourth-order valence-electron chi connectivity index (χ4n) is 4.95. The lowest BCUT2D eigenvalue weighted by Gasteiger charge is -2.29. The van der Waals surface area contributed by atoms with E-state index in [-0.39, 0.29) is 18.1 Å². The van der Waals surface area contributed by atoms with Gasteiger partial charge < -0.3 is 14.8 Å². The zero-order valence-corrected chi connectivity index (χ0v) is 16.7. The van der Waals surface area contributed by atoms with Gasteiger partial charge in [0.1, 0.15) is 11.6 Å². The Hall–Kier alpha value is -1.02. The molecule has 0 saturated carbocycles. The number of carbonyl (C=O) groups excluding carboxylic acids is 1. The topological polar surface area (TPSA) is 63.7 Å². The number of amides is 1. The summed E-state index contributed by atoms with van der Waals surface area (Å²) < 4.78 is 11.4. The fourth-order valence-corrected chi connectivity index (χ4v) is 5.95. The van der Waals surface area contributed by atoms with E-state index in [1.165, 1.54) is 10.7 Å². The Morgan fingerprint density at radius 2 is 2.42 bits per heavy atom. The van der Waals surface area contributed by atoms with Crippen molar-refractivity contribution in [3.63, 3.8) is 0 Å². The van der Waals surface area contributed by atoms with E-state index in [2.05, 4.69) is 29.4 Å². The van der Waals surface area contributed by atoms with Crippen LogP contribution in [0.4, 0.5) is 0 Å². The van der Waals surface area contributed by atoms with Gasteiger partial charge in [-0.1, -0.05) is 13.8 Å². The van der Waals surface area contributed by atoms with E-state index in [1.54, 1.807) is 18.4 Å². The van der Waals surface area contributed by atoms with Gasteiger partial charge in [0.25, 0.3) is 0 Å². The number of hydrogen-bond acceptors (Lipinski definition) is 6. The lowest BCUT2D eigenvalue weighted by Crippen LogP contribution is -2.42. The van der Waals surface area contributed by atoms with Crippen LogP contribution in [0, 0.1) is 11.8 Å². The molecule has 4 atom stereocenters. The van der Waals surface area contributed by atoms with E-state index < -0.39 is 0 Å². The molecule has 6 nitrogen and oxygen atoms in total. The second-order valence-electron chi connectivity index (χ2n) is 8.26. The summed E-state index contributed by atoms with van der Waals surface area (Å²) in [6.07, 6.45) is 2.57. The third kappa shape index (κ3) is 3.30. The molecule has 3 fully saturated rings. The van der Waals surface area contributed by atoms with E-state index >= 15 is 0 Å². The van der Waals surface area contributed by atoms with Gasteiger partial charge in [-0.05, 0) is 18.8 Å². The van der Waals surface area contributed by atoms with Gasteiger partial charge >= 0.3 is 0 Å². The Morgan fingerprint density at radius 3 is 3.15 bits per heavy atom. The van der Waals surface area contributed by atoms with Gasteiger partial charge in [-0.15, -0.1) is 11.3 Å². The average molecular weight is 380 g/mol. The molecule has 1 N–H and O–H groups in total. The molecular weight excluding hydrogens is 350 g/mol. The molecule has 3 aliphatic rings. The Kier molecular flexibility index (Phi) is 5.07. The van der Waals surface area contributed by atoms with Crippen molar-refractivity contribution in [3.05, 3.63) is 16.1 Å². The number of ether oxygens (including phenoxy) is 2. The summed E-state index contributed by atoms with van der Waals surface area (Å²) in [6, 6.07) is 0. The minimum Gasteiger partial charge on any atom is -0.375 e. The van der Waals surface area contributed by atoms with E-state index in [1.807, 2.05) is 0 Å². The summed E-state index contributed by atoms with van der Waals surface area (Å²) in [5, 5.41) is 6.41. The predicted octanol–water partition coefficient (Wildman–Crippen LogP) is 2.01.